The molecule has 0 atom stereocenters. The summed E-state index contributed by atoms with van der Waals surface area (Å²) in [4.78, 5) is 25.0. The Labute approximate surface area is 307 Å². The summed E-state index contributed by atoms with van der Waals surface area (Å²) in [6.07, 6.45) is 42.5. The molecule has 0 N–H and O–H groups in total. The predicted molar refractivity (Wildman–Crippen MR) is 213 cm³/mol. The highest BCUT2D eigenvalue weighted by Gasteiger charge is 2.14. The molecular weight excluding hydrogens is 604 g/mol. The molecule has 0 aromatic carbocycles. The van der Waals surface area contributed by atoms with Crippen molar-refractivity contribution in [2.45, 2.75) is 252 Å². The van der Waals surface area contributed by atoms with Gasteiger partial charge in [0.2, 0.25) is 0 Å². The molecule has 0 saturated carbocycles. The second kappa shape index (κ2) is 39.7. The minimum absolute atomic E-state index is 0.0176. The first-order valence-corrected chi connectivity index (χ1v) is 22.4. The van der Waals surface area contributed by atoms with Crippen LogP contribution in [0.3, 0.4) is 0 Å². The summed E-state index contributed by atoms with van der Waals surface area (Å²) in [7, 11) is 0. The molecule has 0 spiro atoms. The molecule has 0 fully saturated rings. The largest absolute Gasteiger partial charge is 0.465 e. The van der Waals surface area contributed by atoms with Crippen LogP contribution in [0.2, 0.25) is 0 Å². The first kappa shape index (κ1) is 47.9. The van der Waals surface area contributed by atoms with Gasteiger partial charge in [-0.2, -0.15) is 0 Å². The number of carbonyl (C=O) groups excluding carboxylic acids is 2. The maximum atomic E-state index is 12.5. The summed E-state index contributed by atoms with van der Waals surface area (Å²) in [5, 5.41) is 0. The summed E-state index contributed by atoms with van der Waals surface area (Å²) in [6, 6.07) is 0. The number of ether oxygens (including phenoxy) is 2. The molecule has 0 amide bonds. The summed E-state index contributed by atoms with van der Waals surface area (Å²) < 4.78 is 11.6. The molecule has 49 heavy (non-hydrogen) atoms. The van der Waals surface area contributed by atoms with Gasteiger partial charge in [-0.15, -0.1) is 0 Å². The van der Waals surface area contributed by atoms with Crippen LogP contribution in [0.1, 0.15) is 252 Å². The third-order valence-electron chi connectivity index (χ3n) is 10.6. The van der Waals surface area contributed by atoms with Crippen LogP contribution in [0.5, 0.6) is 0 Å². The Bertz CT molecular complexity index is 589. The van der Waals surface area contributed by atoms with Crippen LogP contribution in [0.4, 0.5) is 0 Å². The maximum absolute atomic E-state index is 12.5. The van der Waals surface area contributed by atoms with Crippen LogP contribution >= 0.6 is 0 Å². The predicted octanol–water partition coefficient (Wildman–Crippen LogP) is 15.0. The van der Waals surface area contributed by atoms with Crippen LogP contribution < -0.4 is 0 Å². The molecule has 0 bridgehead atoms. The number of carbonyl (C=O) groups is 2. The van der Waals surface area contributed by atoms with Crippen molar-refractivity contribution in [1.29, 1.82) is 0 Å². The van der Waals surface area contributed by atoms with E-state index >= 15 is 0 Å². The SMILES string of the molecule is CCCCCCCCC(CCCCCCCC)COC(=O)CCCCCCCC(=O)OCC(CCCCCCCC)CCCCCCCC. The first-order valence-electron chi connectivity index (χ1n) is 22.4. The third-order valence-corrected chi connectivity index (χ3v) is 10.6. The van der Waals surface area contributed by atoms with E-state index in [1.807, 2.05) is 0 Å². The zero-order valence-electron chi connectivity index (χ0n) is 34.0. The molecule has 0 aliphatic carbocycles. The summed E-state index contributed by atoms with van der Waals surface area (Å²) >= 11 is 0. The molecule has 292 valence electrons. The number of rotatable bonds is 40. The number of hydrogen-bond acceptors (Lipinski definition) is 4. The minimum atomic E-state index is -0.0176. The van der Waals surface area contributed by atoms with E-state index in [-0.39, 0.29) is 11.9 Å². The smallest absolute Gasteiger partial charge is 0.305 e. The Morgan fingerprint density at radius 1 is 0.327 bits per heavy atom. The van der Waals surface area contributed by atoms with Crippen molar-refractivity contribution in [1.82, 2.24) is 0 Å². The molecule has 0 radical (unpaired) electrons. The number of unbranched alkanes of at least 4 members (excludes halogenated alkanes) is 24. The second-order valence-electron chi connectivity index (χ2n) is 15.6. The molecule has 4 nitrogen and oxygen atoms in total. The van der Waals surface area contributed by atoms with Crippen LogP contribution in [-0.4, -0.2) is 25.2 Å². The van der Waals surface area contributed by atoms with Crippen molar-refractivity contribution in [2.75, 3.05) is 13.2 Å². The molecule has 4 heteroatoms. The van der Waals surface area contributed by atoms with Gasteiger partial charge in [0, 0.05) is 12.8 Å². The quantitative estimate of drug-likeness (QED) is 0.0474. The fraction of sp³-hybridized carbons (Fsp3) is 0.956. The van der Waals surface area contributed by atoms with Gasteiger partial charge in [-0.25, -0.2) is 0 Å². The van der Waals surface area contributed by atoms with Crippen molar-refractivity contribution in [3.05, 3.63) is 0 Å². The van der Waals surface area contributed by atoms with Gasteiger partial charge in [0.05, 0.1) is 13.2 Å². The second-order valence-corrected chi connectivity index (χ2v) is 15.6. The van der Waals surface area contributed by atoms with Gasteiger partial charge >= 0.3 is 11.9 Å². The highest BCUT2D eigenvalue weighted by Crippen LogP contribution is 2.22. The van der Waals surface area contributed by atoms with Gasteiger partial charge in [0.1, 0.15) is 0 Å². The van der Waals surface area contributed by atoms with E-state index in [4.69, 9.17) is 9.47 Å². The highest BCUT2D eigenvalue weighted by molar-refractivity contribution is 5.69. The monoisotopic (exact) mass is 693 g/mol. The Morgan fingerprint density at radius 2 is 0.551 bits per heavy atom. The molecule has 0 aliphatic rings. The molecule has 0 heterocycles. The van der Waals surface area contributed by atoms with Crippen molar-refractivity contribution < 1.29 is 19.1 Å². The van der Waals surface area contributed by atoms with Crippen molar-refractivity contribution >= 4 is 11.9 Å². The van der Waals surface area contributed by atoms with E-state index in [2.05, 4.69) is 27.7 Å². The zero-order valence-corrected chi connectivity index (χ0v) is 34.0. The van der Waals surface area contributed by atoms with Gasteiger partial charge in [0.15, 0.2) is 0 Å². The Balaban J connectivity index is 4.16. The lowest BCUT2D eigenvalue weighted by molar-refractivity contribution is -0.146. The Kier molecular flexibility index (Phi) is 38.9. The van der Waals surface area contributed by atoms with E-state index in [9.17, 15) is 9.59 Å². The summed E-state index contributed by atoms with van der Waals surface area (Å²) in [5.41, 5.74) is 0. The molecular formula is C45H88O4. The normalized spacial score (nSPS) is 11.6. The lowest BCUT2D eigenvalue weighted by Crippen LogP contribution is -2.15. The lowest BCUT2D eigenvalue weighted by Gasteiger charge is -2.17. The summed E-state index contributed by atoms with van der Waals surface area (Å²) in [6.45, 7) is 10.3. The Hall–Kier alpha value is -1.06. The molecule has 0 aromatic heterocycles. The lowest BCUT2D eigenvalue weighted by atomic mass is 9.94. The molecule has 0 aromatic rings. The molecule has 0 rings (SSSR count). The Morgan fingerprint density at radius 3 is 0.816 bits per heavy atom. The summed E-state index contributed by atoms with van der Waals surface area (Å²) in [5.74, 6) is 1.02. The fourth-order valence-corrected chi connectivity index (χ4v) is 7.11. The average Bonchev–Trinajstić information content (AvgIpc) is 3.10. The van der Waals surface area contributed by atoms with Crippen LogP contribution in [0.25, 0.3) is 0 Å². The van der Waals surface area contributed by atoms with Gasteiger partial charge < -0.3 is 9.47 Å². The van der Waals surface area contributed by atoms with E-state index in [1.54, 1.807) is 0 Å². The highest BCUT2D eigenvalue weighted by atomic mass is 16.5. The third kappa shape index (κ3) is 36.5. The van der Waals surface area contributed by atoms with Crippen molar-refractivity contribution in [3.8, 4) is 0 Å². The topological polar surface area (TPSA) is 52.6 Å². The van der Waals surface area contributed by atoms with E-state index < -0.39 is 0 Å². The van der Waals surface area contributed by atoms with Gasteiger partial charge in [-0.1, -0.05) is 201 Å². The van der Waals surface area contributed by atoms with Crippen LogP contribution in [-0.2, 0) is 19.1 Å². The van der Waals surface area contributed by atoms with E-state index in [1.165, 1.54) is 180 Å². The van der Waals surface area contributed by atoms with Gasteiger partial charge in [-0.3, -0.25) is 9.59 Å². The average molecular weight is 693 g/mol. The van der Waals surface area contributed by atoms with Crippen molar-refractivity contribution in [2.24, 2.45) is 11.8 Å². The van der Waals surface area contributed by atoms with E-state index in [0.29, 0.717) is 37.9 Å². The minimum Gasteiger partial charge on any atom is -0.465 e. The number of esters is 2. The van der Waals surface area contributed by atoms with E-state index in [0.717, 1.165) is 32.1 Å². The number of hydrogen-bond donors (Lipinski definition) is 0. The standard InChI is InChI=1S/C45H88O4/c1-5-9-13-17-22-28-34-42(35-29-23-18-14-10-6-2)40-48-44(46)38-32-26-21-27-33-39-45(47)49-41-43(36-30-24-19-15-11-7-3)37-31-25-20-16-12-8-4/h42-43H,5-41H2,1-4H3. The maximum Gasteiger partial charge on any atom is 0.305 e. The van der Waals surface area contributed by atoms with Crippen molar-refractivity contribution in [3.63, 3.8) is 0 Å². The van der Waals surface area contributed by atoms with Crippen LogP contribution in [0.15, 0.2) is 0 Å². The molecule has 0 unspecified atom stereocenters. The van der Waals surface area contributed by atoms with Gasteiger partial charge in [-0.05, 0) is 50.4 Å². The zero-order chi connectivity index (χ0) is 35.9. The van der Waals surface area contributed by atoms with Gasteiger partial charge in [0.25, 0.3) is 0 Å². The van der Waals surface area contributed by atoms with Crippen LogP contribution in [0, 0.1) is 11.8 Å². The first-order chi connectivity index (χ1) is 24.1. The molecule has 0 saturated heterocycles. The fourth-order valence-electron chi connectivity index (χ4n) is 7.11. The molecule has 0 aliphatic heterocycles.